The molecule has 19 heavy (non-hydrogen) atoms. The number of pyridine rings is 1. The minimum atomic E-state index is 0.682. The number of ether oxygens (including phenoxy) is 1. The predicted molar refractivity (Wildman–Crippen MR) is 77.4 cm³/mol. The van der Waals surface area contributed by atoms with Crippen LogP contribution in [0.2, 0.25) is 0 Å². The molecule has 3 aromatic rings. The molecule has 0 aliphatic rings. The van der Waals surface area contributed by atoms with Gasteiger partial charge in [0.1, 0.15) is 11.3 Å². The van der Waals surface area contributed by atoms with E-state index in [1.54, 1.807) is 6.07 Å². The van der Waals surface area contributed by atoms with Crippen molar-refractivity contribution in [3.8, 4) is 11.5 Å². The zero-order valence-electron chi connectivity index (χ0n) is 10.6. The fraction of sp³-hybridized carbons (Fsp3) is 0.0625. The van der Waals surface area contributed by atoms with E-state index in [1.165, 1.54) is 0 Å². The summed E-state index contributed by atoms with van der Waals surface area (Å²) < 4.78 is 5.88. The van der Waals surface area contributed by atoms with Crippen LogP contribution in [0, 0.1) is 6.92 Å². The molecule has 2 aromatic carbocycles. The van der Waals surface area contributed by atoms with Gasteiger partial charge in [-0.15, -0.1) is 0 Å². The molecule has 0 unspecified atom stereocenters. The Morgan fingerprint density at radius 1 is 1.00 bits per heavy atom. The molecule has 1 heterocycles. The molecule has 0 aliphatic heterocycles. The highest BCUT2D eigenvalue weighted by Gasteiger charge is 2.05. The second-order valence-corrected chi connectivity index (χ2v) is 4.46. The molecule has 3 nitrogen and oxygen atoms in total. The first kappa shape index (κ1) is 11.5. The molecule has 2 N–H and O–H groups in total. The van der Waals surface area contributed by atoms with Crippen LogP contribution in [0.15, 0.2) is 54.6 Å². The quantitative estimate of drug-likeness (QED) is 0.701. The van der Waals surface area contributed by atoms with E-state index >= 15 is 0 Å². The van der Waals surface area contributed by atoms with Crippen molar-refractivity contribution < 1.29 is 4.74 Å². The average molecular weight is 250 g/mol. The number of hydrogen-bond donors (Lipinski definition) is 1. The molecule has 0 saturated heterocycles. The Kier molecular flexibility index (Phi) is 2.80. The molecule has 3 heteroatoms. The number of nitrogens with zero attached hydrogens (tertiary/aromatic N) is 1. The van der Waals surface area contributed by atoms with E-state index < -0.39 is 0 Å². The summed E-state index contributed by atoms with van der Waals surface area (Å²) >= 11 is 0. The highest BCUT2D eigenvalue weighted by atomic mass is 16.5. The molecule has 0 amide bonds. The summed E-state index contributed by atoms with van der Waals surface area (Å²) in [5, 5.41) is 1.06. The fourth-order valence-corrected chi connectivity index (χ4v) is 2.00. The summed E-state index contributed by atoms with van der Waals surface area (Å²) in [5.74, 6) is 1.46. The standard InChI is InChI=1S/C16H14N2O/c1-11-8-9-12-4-2-7-15(16(12)18-11)19-14-6-3-5-13(17)10-14/h2-10H,17H2,1H3. The number of para-hydroxylation sites is 1. The molecule has 0 bridgehead atoms. The lowest BCUT2D eigenvalue weighted by Gasteiger charge is -2.09. The van der Waals surface area contributed by atoms with Gasteiger partial charge >= 0.3 is 0 Å². The van der Waals surface area contributed by atoms with Gasteiger partial charge in [-0.2, -0.15) is 0 Å². The molecule has 0 atom stereocenters. The maximum Gasteiger partial charge on any atom is 0.153 e. The second-order valence-electron chi connectivity index (χ2n) is 4.46. The zero-order valence-corrected chi connectivity index (χ0v) is 10.6. The van der Waals surface area contributed by atoms with E-state index in [1.807, 2.05) is 55.5 Å². The van der Waals surface area contributed by atoms with Gasteiger partial charge in [-0.05, 0) is 31.2 Å². The molecule has 0 saturated carbocycles. The van der Waals surface area contributed by atoms with E-state index in [0.29, 0.717) is 5.69 Å². The van der Waals surface area contributed by atoms with Crippen molar-refractivity contribution in [2.45, 2.75) is 6.92 Å². The van der Waals surface area contributed by atoms with Crippen molar-refractivity contribution in [3.63, 3.8) is 0 Å². The normalized spacial score (nSPS) is 10.6. The van der Waals surface area contributed by atoms with Crippen LogP contribution < -0.4 is 10.5 Å². The Labute approximate surface area is 111 Å². The minimum Gasteiger partial charge on any atom is -0.455 e. The Hall–Kier alpha value is -2.55. The van der Waals surface area contributed by atoms with Crippen molar-refractivity contribution in [2.24, 2.45) is 0 Å². The maximum absolute atomic E-state index is 5.88. The molecule has 0 aliphatic carbocycles. The summed E-state index contributed by atoms with van der Waals surface area (Å²) in [5.41, 5.74) is 8.27. The Morgan fingerprint density at radius 2 is 1.84 bits per heavy atom. The number of anilines is 1. The van der Waals surface area contributed by atoms with E-state index in [0.717, 1.165) is 28.1 Å². The van der Waals surface area contributed by atoms with Crippen LogP contribution in [0.1, 0.15) is 5.69 Å². The number of aromatic nitrogens is 1. The number of fused-ring (bicyclic) bond motifs is 1. The molecule has 0 fully saturated rings. The van der Waals surface area contributed by atoms with Crippen LogP contribution in [-0.2, 0) is 0 Å². The van der Waals surface area contributed by atoms with Crippen molar-refractivity contribution >= 4 is 16.6 Å². The van der Waals surface area contributed by atoms with E-state index in [2.05, 4.69) is 4.98 Å². The van der Waals surface area contributed by atoms with Crippen molar-refractivity contribution in [3.05, 3.63) is 60.3 Å². The van der Waals surface area contributed by atoms with Crippen LogP contribution in [0.25, 0.3) is 10.9 Å². The van der Waals surface area contributed by atoms with Crippen LogP contribution in [0.5, 0.6) is 11.5 Å². The number of aryl methyl sites for hydroxylation is 1. The number of benzene rings is 2. The fourth-order valence-electron chi connectivity index (χ4n) is 2.00. The van der Waals surface area contributed by atoms with Gasteiger partial charge < -0.3 is 10.5 Å². The number of nitrogen functional groups attached to an aromatic ring is 1. The summed E-state index contributed by atoms with van der Waals surface area (Å²) in [6.45, 7) is 1.97. The summed E-state index contributed by atoms with van der Waals surface area (Å²) in [4.78, 5) is 4.54. The maximum atomic E-state index is 5.88. The molecule has 94 valence electrons. The Balaban J connectivity index is 2.07. The van der Waals surface area contributed by atoms with E-state index in [-0.39, 0.29) is 0 Å². The van der Waals surface area contributed by atoms with Gasteiger partial charge in [-0.3, -0.25) is 0 Å². The third kappa shape index (κ3) is 2.36. The topological polar surface area (TPSA) is 48.1 Å². The third-order valence-corrected chi connectivity index (χ3v) is 2.91. The zero-order chi connectivity index (χ0) is 13.2. The SMILES string of the molecule is Cc1ccc2cccc(Oc3cccc(N)c3)c2n1. The van der Waals surface area contributed by atoms with E-state index in [9.17, 15) is 0 Å². The average Bonchev–Trinajstić information content (AvgIpc) is 2.39. The molecule has 1 aromatic heterocycles. The van der Waals surface area contributed by atoms with Gasteiger partial charge in [0, 0.05) is 22.8 Å². The first-order valence-corrected chi connectivity index (χ1v) is 6.12. The first-order chi connectivity index (χ1) is 9.22. The van der Waals surface area contributed by atoms with Gasteiger partial charge in [-0.25, -0.2) is 4.98 Å². The molecular weight excluding hydrogens is 236 g/mol. The van der Waals surface area contributed by atoms with Gasteiger partial charge in [0.05, 0.1) is 0 Å². The predicted octanol–water partition coefficient (Wildman–Crippen LogP) is 3.92. The minimum absolute atomic E-state index is 0.682. The number of hydrogen-bond acceptors (Lipinski definition) is 3. The van der Waals surface area contributed by atoms with Crippen LogP contribution >= 0.6 is 0 Å². The molecular formula is C16H14N2O. The van der Waals surface area contributed by atoms with Crippen molar-refractivity contribution in [1.29, 1.82) is 0 Å². The van der Waals surface area contributed by atoms with Crippen LogP contribution in [0.3, 0.4) is 0 Å². The van der Waals surface area contributed by atoms with Gasteiger partial charge in [0.15, 0.2) is 5.75 Å². The van der Waals surface area contributed by atoms with Crippen LogP contribution in [-0.4, -0.2) is 4.98 Å². The van der Waals surface area contributed by atoms with E-state index in [4.69, 9.17) is 10.5 Å². The lowest BCUT2D eigenvalue weighted by Crippen LogP contribution is -1.91. The third-order valence-electron chi connectivity index (χ3n) is 2.91. The first-order valence-electron chi connectivity index (χ1n) is 6.12. The van der Waals surface area contributed by atoms with Crippen molar-refractivity contribution in [1.82, 2.24) is 4.98 Å². The summed E-state index contributed by atoms with van der Waals surface area (Å²) in [6, 6.07) is 17.3. The highest BCUT2D eigenvalue weighted by molar-refractivity contribution is 5.84. The Morgan fingerprint density at radius 3 is 2.68 bits per heavy atom. The van der Waals surface area contributed by atoms with Crippen molar-refractivity contribution in [2.75, 3.05) is 5.73 Å². The lowest BCUT2D eigenvalue weighted by atomic mass is 10.2. The Bertz CT molecular complexity index is 738. The van der Waals surface area contributed by atoms with Gasteiger partial charge in [0.25, 0.3) is 0 Å². The van der Waals surface area contributed by atoms with Crippen LogP contribution in [0.4, 0.5) is 5.69 Å². The highest BCUT2D eigenvalue weighted by Crippen LogP contribution is 2.29. The molecule has 0 spiro atoms. The summed E-state index contributed by atoms with van der Waals surface area (Å²) in [7, 11) is 0. The number of rotatable bonds is 2. The number of nitrogens with two attached hydrogens (primary N) is 1. The van der Waals surface area contributed by atoms with Gasteiger partial charge in [0.2, 0.25) is 0 Å². The smallest absolute Gasteiger partial charge is 0.153 e. The van der Waals surface area contributed by atoms with Gasteiger partial charge in [-0.1, -0.05) is 24.3 Å². The molecule has 3 rings (SSSR count). The lowest BCUT2D eigenvalue weighted by molar-refractivity contribution is 0.487. The monoisotopic (exact) mass is 250 g/mol. The second kappa shape index (κ2) is 4.61. The molecule has 0 radical (unpaired) electrons. The summed E-state index contributed by atoms with van der Waals surface area (Å²) in [6.07, 6.45) is 0. The largest absolute Gasteiger partial charge is 0.455 e.